The van der Waals surface area contributed by atoms with Gasteiger partial charge in [-0.15, -0.1) is 0 Å². The van der Waals surface area contributed by atoms with Crippen molar-refractivity contribution in [3.05, 3.63) is 35.4 Å². The van der Waals surface area contributed by atoms with E-state index in [1.165, 1.54) is 49.7 Å². The average molecular weight is 287 g/mol. The molecule has 0 heterocycles. The van der Waals surface area contributed by atoms with Crippen LogP contribution in [0.3, 0.4) is 0 Å². The Hall–Kier alpha value is -0.860. The lowest BCUT2D eigenvalue weighted by Gasteiger charge is -2.30. The second kappa shape index (κ2) is 6.93. The zero-order chi connectivity index (χ0) is 14.7. The van der Waals surface area contributed by atoms with Gasteiger partial charge in [0.15, 0.2) is 0 Å². The predicted molar refractivity (Wildman–Crippen MR) is 87.4 cm³/mol. The van der Waals surface area contributed by atoms with Crippen molar-refractivity contribution in [1.82, 2.24) is 5.32 Å². The van der Waals surface area contributed by atoms with Gasteiger partial charge in [0.25, 0.3) is 0 Å². The highest BCUT2D eigenvalue weighted by atomic mass is 16.5. The third-order valence-corrected chi connectivity index (χ3v) is 4.94. The van der Waals surface area contributed by atoms with Crippen molar-refractivity contribution in [1.29, 1.82) is 0 Å². The molecule has 21 heavy (non-hydrogen) atoms. The van der Waals surface area contributed by atoms with Crippen molar-refractivity contribution < 1.29 is 4.74 Å². The first kappa shape index (κ1) is 15.1. The Labute approximate surface area is 129 Å². The number of aryl methyl sites for hydroxylation is 1. The molecule has 1 aromatic rings. The molecule has 2 saturated carbocycles. The molecule has 0 bridgehead atoms. The van der Waals surface area contributed by atoms with Gasteiger partial charge in [0.1, 0.15) is 0 Å². The van der Waals surface area contributed by atoms with Crippen LogP contribution < -0.4 is 5.32 Å². The maximum atomic E-state index is 6.48. The highest BCUT2D eigenvalue weighted by Gasteiger charge is 2.26. The molecular formula is C19H29NO. The Morgan fingerprint density at radius 3 is 2.33 bits per heavy atom. The SMILES string of the molecule is Cc1ccc(C(CNC2CC2)OC2CCC(C)CC2)cc1. The lowest BCUT2D eigenvalue weighted by molar-refractivity contribution is -0.0364. The molecule has 2 nitrogen and oxygen atoms in total. The van der Waals surface area contributed by atoms with E-state index in [4.69, 9.17) is 4.74 Å². The minimum Gasteiger partial charge on any atom is -0.369 e. The highest BCUT2D eigenvalue weighted by Crippen LogP contribution is 2.30. The van der Waals surface area contributed by atoms with E-state index in [9.17, 15) is 0 Å². The topological polar surface area (TPSA) is 21.3 Å². The summed E-state index contributed by atoms with van der Waals surface area (Å²) >= 11 is 0. The molecule has 2 aliphatic carbocycles. The molecule has 0 spiro atoms. The quantitative estimate of drug-likeness (QED) is 0.838. The Morgan fingerprint density at radius 1 is 1.05 bits per heavy atom. The normalized spacial score (nSPS) is 27.5. The van der Waals surface area contributed by atoms with Crippen LogP contribution in [0.1, 0.15) is 62.7 Å². The third-order valence-electron chi connectivity index (χ3n) is 4.94. The summed E-state index contributed by atoms with van der Waals surface area (Å²) in [7, 11) is 0. The van der Waals surface area contributed by atoms with Crippen molar-refractivity contribution in [2.45, 2.75) is 70.6 Å². The maximum Gasteiger partial charge on any atom is 0.0953 e. The fourth-order valence-electron chi connectivity index (χ4n) is 3.18. The molecule has 1 N–H and O–H groups in total. The van der Waals surface area contributed by atoms with Crippen molar-refractivity contribution >= 4 is 0 Å². The smallest absolute Gasteiger partial charge is 0.0953 e. The molecule has 2 aliphatic rings. The highest BCUT2D eigenvalue weighted by molar-refractivity contribution is 5.23. The minimum atomic E-state index is 0.213. The zero-order valence-corrected chi connectivity index (χ0v) is 13.5. The van der Waals surface area contributed by atoms with E-state index in [2.05, 4.69) is 43.4 Å². The number of rotatable bonds is 6. The van der Waals surface area contributed by atoms with Crippen LogP contribution in [0, 0.1) is 12.8 Å². The van der Waals surface area contributed by atoms with Crippen LogP contribution in [0.5, 0.6) is 0 Å². The second-order valence-corrected chi connectivity index (χ2v) is 7.10. The molecule has 1 unspecified atom stereocenters. The number of hydrogen-bond acceptors (Lipinski definition) is 2. The summed E-state index contributed by atoms with van der Waals surface area (Å²) in [5.41, 5.74) is 2.64. The van der Waals surface area contributed by atoms with Gasteiger partial charge in [-0.25, -0.2) is 0 Å². The number of ether oxygens (including phenoxy) is 1. The Balaban J connectivity index is 1.61. The largest absolute Gasteiger partial charge is 0.369 e. The van der Waals surface area contributed by atoms with Gasteiger partial charge in [0.2, 0.25) is 0 Å². The zero-order valence-electron chi connectivity index (χ0n) is 13.5. The van der Waals surface area contributed by atoms with E-state index in [1.807, 2.05) is 0 Å². The molecule has 1 atom stereocenters. The number of benzene rings is 1. The second-order valence-electron chi connectivity index (χ2n) is 7.10. The van der Waals surface area contributed by atoms with Gasteiger partial charge < -0.3 is 10.1 Å². The van der Waals surface area contributed by atoms with E-state index in [-0.39, 0.29) is 6.10 Å². The van der Waals surface area contributed by atoms with E-state index in [0.29, 0.717) is 6.10 Å². The van der Waals surface area contributed by atoms with Gasteiger partial charge in [0, 0.05) is 12.6 Å². The molecule has 116 valence electrons. The standard InChI is InChI=1S/C19H29NO/c1-14-3-7-16(8-4-14)19(13-20-17-9-10-17)21-18-11-5-15(2)6-12-18/h3-4,7-8,15,17-20H,5-6,9-13H2,1-2H3. The molecule has 2 heteroatoms. The minimum absolute atomic E-state index is 0.213. The summed E-state index contributed by atoms with van der Waals surface area (Å²) in [5.74, 6) is 0.882. The van der Waals surface area contributed by atoms with Gasteiger partial charge in [-0.3, -0.25) is 0 Å². The van der Waals surface area contributed by atoms with E-state index >= 15 is 0 Å². The molecule has 0 aromatic heterocycles. The van der Waals surface area contributed by atoms with Gasteiger partial charge in [-0.05, 0) is 56.9 Å². The van der Waals surface area contributed by atoms with E-state index < -0.39 is 0 Å². The summed E-state index contributed by atoms with van der Waals surface area (Å²) in [6.45, 7) is 5.47. The van der Waals surface area contributed by atoms with Gasteiger partial charge in [0.05, 0.1) is 12.2 Å². The summed E-state index contributed by atoms with van der Waals surface area (Å²) < 4.78 is 6.48. The average Bonchev–Trinajstić information content (AvgIpc) is 3.31. The lowest BCUT2D eigenvalue weighted by Crippen LogP contribution is -2.30. The van der Waals surface area contributed by atoms with Crippen LogP contribution in [0.2, 0.25) is 0 Å². The molecule has 2 fully saturated rings. The molecular weight excluding hydrogens is 258 g/mol. The van der Waals surface area contributed by atoms with Crippen LogP contribution in [0.15, 0.2) is 24.3 Å². The first-order valence-electron chi connectivity index (χ1n) is 8.66. The van der Waals surface area contributed by atoms with Crippen molar-refractivity contribution in [2.24, 2.45) is 5.92 Å². The lowest BCUT2D eigenvalue weighted by atomic mass is 9.89. The monoisotopic (exact) mass is 287 g/mol. The first-order chi connectivity index (χ1) is 10.2. The van der Waals surface area contributed by atoms with Crippen LogP contribution in [0.4, 0.5) is 0 Å². The Kier molecular flexibility index (Phi) is 4.97. The van der Waals surface area contributed by atoms with Crippen LogP contribution in [-0.4, -0.2) is 18.7 Å². The molecule has 0 radical (unpaired) electrons. The van der Waals surface area contributed by atoms with Crippen LogP contribution in [0.25, 0.3) is 0 Å². The molecule has 0 saturated heterocycles. The van der Waals surface area contributed by atoms with Crippen molar-refractivity contribution in [3.63, 3.8) is 0 Å². The van der Waals surface area contributed by atoms with E-state index in [0.717, 1.165) is 18.5 Å². The Bertz CT molecular complexity index is 429. The van der Waals surface area contributed by atoms with E-state index in [1.54, 1.807) is 0 Å². The van der Waals surface area contributed by atoms with Gasteiger partial charge in [-0.1, -0.05) is 36.8 Å². The first-order valence-corrected chi connectivity index (χ1v) is 8.66. The molecule has 0 aliphatic heterocycles. The summed E-state index contributed by atoms with van der Waals surface area (Å²) in [5, 5.41) is 3.64. The fourth-order valence-corrected chi connectivity index (χ4v) is 3.18. The maximum absolute atomic E-state index is 6.48. The molecule has 1 aromatic carbocycles. The van der Waals surface area contributed by atoms with Crippen molar-refractivity contribution in [3.8, 4) is 0 Å². The fraction of sp³-hybridized carbons (Fsp3) is 0.684. The Morgan fingerprint density at radius 2 is 1.71 bits per heavy atom. The van der Waals surface area contributed by atoms with Crippen LogP contribution >= 0.6 is 0 Å². The molecule has 3 rings (SSSR count). The van der Waals surface area contributed by atoms with Crippen molar-refractivity contribution in [2.75, 3.05) is 6.54 Å². The van der Waals surface area contributed by atoms with Gasteiger partial charge in [-0.2, -0.15) is 0 Å². The predicted octanol–water partition coefficient (Wildman–Crippen LogP) is 4.38. The summed E-state index contributed by atoms with van der Waals surface area (Å²) in [4.78, 5) is 0. The summed E-state index contributed by atoms with van der Waals surface area (Å²) in [6, 6.07) is 9.62. The molecule has 0 amide bonds. The number of nitrogens with one attached hydrogen (secondary N) is 1. The summed E-state index contributed by atoms with van der Waals surface area (Å²) in [6.07, 6.45) is 8.43. The number of hydrogen-bond donors (Lipinski definition) is 1. The third kappa shape index (κ3) is 4.55. The van der Waals surface area contributed by atoms with Gasteiger partial charge >= 0.3 is 0 Å². The van der Waals surface area contributed by atoms with Crippen LogP contribution in [-0.2, 0) is 4.74 Å².